The Morgan fingerprint density at radius 3 is 2.92 bits per heavy atom. The lowest BCUT2D eigenvalue weighted by molar-refractivity contribution is 0.0821. The summed E-state index contributed by atoms with van der Waals surface area (Å²) in [6, 6.07) is 0.325. The molecule has 0 aromatic rings. The minimum atomic E-state index is -0.655. The van der Waals surface area contributed by atoms with Crippen molar-refractivity contribution in [1.82, 2.24) is 5.32 Å². The third kappa shape index (κ3) is 2.71. The molecule has 0 saturated carbocycles. The van der Waals surface area contributed by atoms with Crippen molar-refractivity contribution in [1.29, 1.82) is 0 Å². The van der Waals surface area contributed by atoms with Crippen molar-refractivity contribution < 1.29 is 14.9 Å². The van der Waals surface area contributed by atoms with Crippen LogP contribution in [0.4, 0.5) is 0 Å². The molecule has 1 rings (SSSR count). The van der Waals surface area contributed by atoms with Crippen LogP contribution >= 0.6 is 0 Å². The molecule has 3 N–H and O–H groups in total. The van der Waals surface area contributed by atoms with Gasteiger partial charge in [0.2, 0.25) is 0 Å². The van der Waals surface area contributed by atoms with E-state index in [0.29, 0.717) is 12.6 Å². The van der Waals surface area contributed by atoms with Crippen LogP contribution in [-0.4, -0.2) is 48.2 Å². The molecule has 4 nitrogen and oxygen atoms in total. The molecule has 3 atom stereocenters. The van der Waals surface area contributed by atoms with Crippen LogP contribution in [0.1, 0.15) is 13.3 Å². The second kappa shape index (κ2) is 4.77. The summed E-state index contributed by atoms with van der Waals surface area (Å²) in [6.07, 6.45) is 0.549. The van der Waals surface area contributed by atoms with Crippen LogP contribution in [0.25, 0.3) is 0 Å². The lowest BCUT2D eigenvalue weighted by Gasteiger charge is -2.17. The Hall–Kier alpha value is -0.160. The van der Waals surface area contributed by atoms with Crippen molar-refractivity contribution in [2.75, 3.05) is 19.8 Å². The van der Waals surface area contributed by atoms with Crippen molar-refractivity contribution in [2.45, 2.75) is 31.6 Å². The van der Waals surface area contributed by atoms with Gasteiger partial charge >= 0.3 is 0 Å². The summed E-state index contributed by atoms with van der Waals surface area (Å²) in [7, 11) is 0. The van der Waals surface area contributed by atoms with Crippen molar-refractivity contribution in [2.24, 2.45) is 0 Å². The standard InChI is InChI=1S/C8H17NO3/c1-6-8(2-3-12-6)9-4-7(11)5-10/h6-11H,2-5H2,1H3. The van der Waals surface area contributed by atoms with Gasteiger partial charge in [-0.25, -0.2) is 0 Å². The van der Waals surface area contributed by atoms with E-state index in [9.17, 15) is 0 Å². The van der Waals surface area contributed by atoms with Gasteiger partial charge < -0.3 is 20.3 Å². The van der Waals surface area contributed by atoms with Crippen LogP contribution in [0, 0.1) is 0 Å². The van der Waals surface area contributed by atoms with Gasteiger partial charge in [0.05, 0.1) is 18.8 Å². The summed E-state index contributed by atoms with van der Waals surface area (Å²) in [4.78, 5) is 0. The maximum atomic E-state index is 9.05. The largest absolute Gasteiger partial charge is 0.394 e. The molecule has 0 bridgehead atoms. The first-order chi connectivity index (χ1) is 5.74. The van der Waals surface area contributed by atoms with Crippen molar-refractivity contribution in [3.05, 3.63) is 0 Å². The fourth-order valence-corrected chi connectivity index (χ4v) is 1.35. The molecule has 72 valence electrons. The fraction of sp³-hybridized carbons (Fsp3) is 1.00. The maximum Gasteiger partial charge on any atom is 0.0895 e. The molecule has 4 heteroatoms. The van der Waals surface area contributed by atoms with Gasteiger partial charge in [0.1, 0.15) is 0 Å². The molecule has 0 amide bonds. The van der Waals surface area contributed by atoms with E-state index in [1.165, 1.54) is 0 Å². The highest BCUT2D eigenvalue weighted by atomic mass is 16.5. The van der Waals surface area contributed by atoms with Crippen LogP contribution in [0.15, 0.2) is 0 Å². The number of rotatable bonds is 4. The Morgan fingerprint density at radius 1 is 1.67 bits per heavy atom. The number of nitrogens with one attached hydrogen (secondary N) is 1. The van der Waals surface area contributed by atoms with E-state index in [1.54, 1.807) is 0 Å². The SMILES string of the molecule is CC1OCCC1NCC(O)CO. The molecule has 12 heavy (non-hydrogen) atoms. The highest BCUT2D eigenvalue weighted by molar-refractivity contribution is 4.79. The van der Waals surface area contributed by atoms with E-state index in [0.717, 1.165) is 13.0 Å². The van der Waals surface area contributed by atoms with Gasteiger partial charge in [-0.05, 0) is 13.3 Å². The number of hydrogen-bond donors (Lipinski definition) is 3. The summed E-state index contributed by atoms with van der Waals surface area (Å²) >= 11 is 0. The zero-order chi connectivity index (χ0) is 8.97. The Labute approximate surface area is 72.5 Å². The van der Waals surface area contributed by atoms with Crippen LogP contribution < -0.4 is 5.32 Å². The quantitative estimate of drug-likeness (QED) is 0.518. The number of hydrogen-bond acceptors (Lipinski definition) is 4. The van der Waals surface area contributed by atoms with E-state index in [4.69, 9.17) is 14.9 Å². The summed E-state index contributed by atoms with van der Waals surface area (Å²) in [5, 5.41) is 20.8. The van der Waals surface area contributed by atoms with Crippen molar-refractivity contribution >= 4 is 0 Å². The summed E-state index contributed by atoms with van der Waals surface area (Å²) < 4.78 is 5.32. The van der Waals surface area contributed by atoms with Crippen LogP contribution in [0.2, 0.25) is 0 Å². The molecule has 0 radical (unpaired) electrons. The lowest BCUT2D eigenvalue weighted by Crippen LogP contribution is -2.40. The van der Waals surface area contributed by atoms with Gasteiger partial charge in [-0.15, -0.1) is 0 Å². The predicted molar refractivity (Wildman–Crippen MR) is 44.9 cm³/mol. The molecule has 1 aliphatic heterocycles. The Kier molecular flexibility index (Phi) is 3.94. The van der Waals surface area contributed by atoms with Gasteiger partial charge in [0, 0.05) is 19.2 Å². The summed E-state index contributed by atoms with van der Waals surface area (Å²) in [5.74, 6) is 0. The number of aliphatic hydroxyl groups is 2. The van der Waals surface area contributed by atoms with Gasteiger partial charge in [-0.1, -0.05) is 0 Å². The van der Waals surface area contributed by atoms with Crippen LogP contribution in [0.5, 0.6) is 0 Å². The van der Waals surface area contributed by atoms with Gasteiger partial charge in [0.25, 0.3) is 0 Å². The Morgan fingerprint density at radius 2 is 2.42 bits per heavy atom. The van der Waals surface area contributed by atoms with Crippen LogP contribution in [-0.2, 0) is 4.74 Å². The molecular formula is C8H17NO3. The van der Waals surface area contributed by atoms with Crippen molar-refractivity contribution in [3.8, 4) is 0 Å². The second-order valence-electron chi connectivity index (χ2n) is 3.22. The average molecular weight is 175 g/mol. The molecular weight excluding hydrogens is 158 g/mol. The van der Waals surface area contributed by atoms with E-state index >= 15 is 0 Å². The molecule has 3 unspecified atom stereocenters. The smallest absolute Gasteiger partial charge is 0.0895 e. The first kappa shape index (κ1) is 9.92. The molecule has 1 aliphatic rings. The first-order valence-corrected chi connectivity index (χ1v) is 4.38. The van der Waals surface area contributed by atoms with Crippen molar-refractivity contribution in [3.63, 3.8) is 0 Å². The Bertz CT molecular complexity index is 131. The highest BCUT2D eigenvalue weighted by Gasteiger charge is 2.23. The third-order valence-corrected chi connectivity index (χ3v) is 2.20. The number of ether oxygens (including phenoxy) is 1. The molecule has 1 heterocycles. The molecule has 1 fully saturated rings. The predicted octanol–water partition coefficient (Wildman–Crippen LogP) is -0.893. The van der Waals surface area contributed by atoms with Gasteiger partial charge in [0.15, 0.2) is 0 Å². The molecule has 0 spiro atoms. The third-order valence-electron chi connectivity index (χ3n) is 2.20. The molecule has 1 saturated heterocycles. The zero-order valence-electron chi connectivity index (χ0n) is 7.36. The minimum absolute atomic E-state index is 0.186. The topological polar surface area (TPSA) is 61.7 Å². The normalized spacial score (nSPS) is 32.2. The Balaban J connectivity index is 2.13. The van der Waals surface area contributed by atoms with E-state index in [1.807, 2.05) is 6.92 Å². The van der Waals surface area contributed by atoms with Gasteiger partial charge in [-0.2, -0.15) is 0 Å². The second-order valence-corrected chi connectivity index (χ2v) is 3.22. The maximum absolute atomic E-state index is 9.05. The zero-order valence-corrected chi connectivity index (χ0v) is 7.36. The average Bonchev–Trinajstić information content (AvgIpc) is 2.47. The van der Waals surface area contributed by atoms with Crippen LogP contribution in [0.3, 0.4) is 0 Å². The molecule has 0 aromatic heterocycles. The van der Waals surface area contributed by atoms with E-state index in [2.05, 4.69) is 5.32 Å². The van der Waals surface area contributed by atoms with E-state index in [-0.39, 0.29) is 12.7 Å². The number of aliphatic hydroxyl groups excluding tert-OH is 2. The molecule has 0 aliphatic carbocycles. The summed E-state index contributed by atoms with van der Waals surface area (Å²) in [5.41, 5.74) is 0. The lowest BCUT2D eigenvalue weighted by atomic mass is 10.1. The van der Waals surface area contributed by atoms with Gasteiger partial charge in [-0.3, -0.25) is 0 Å². The minimum Gasteiger partial charge on any atom is -0.394 e. The monoisotopic (exact) mass is 175 g/mol. The van der Waals surface area contributed by atoms with E-state index < -0.39 is 6.10 Å². The molecule has 0 aromatic carbocycles. The summed E-state index contributed by atoms with van der Waals surface area (Å²) in [6.45, 7) is 3.05. The highest BCUT2D eigenvalue weighted by Crippen LogP contribution is 2.11. The fourth-order valence-electron chi connectivity index (χ4n) is 1.35. The first-order valence-electron chi connectivity index (χ1n) is 4.38.